The van der Waals surface area contributed by atoms with Gasteiger partial charge in [0, 0.05) is 56.2 Å². The fraction of sp³-hybridized carbons (Fsp3) is 0.250. The molecule has 0 aliphatic carbocycles. The molecule has 0 saturated heterocycles. The second kappa shape index (κ2) is 7.59. The topological polar surface area (TPSA) is 93.4 Å². The van der Waals surface area contributed by atoms with Crippen LogP contribution in [0.1, 0.15) is 11.3 Å². The summed E-state index contributed by atoms with van der Waals surface area (Å²) in [7, 11) is 1.90. The molecule has 0 amide bonds. The van der Waals surface area contributed by atoms with Gasteiger partial charge in [-0.2, -0.15) is 5.10 Å². The van der Waals surface area contributed by atoms with E-state index in [4.69, 9.17) is 9.97 Å². The molecule has 8 heteroatoms. The minimum absolute atomic E-state index is 0.651. The number of pyridine rings is 2. The third-order valence-corrected chi connectivity index (χ3v) is 4.55. The predicted octanol–water partition coefficient (Wildman–Crippen LogP) is 2.96. The average Bonchev–Trinajstić information content (AvgIpc) is 3.01. The van der Waals surface area contributed by atoms with Crippen molar-refractivity contribution in [2.24, 2.45) is 7.05 Å². The smallest absolute Gasteiger partial charge is 0.164 e. The fourth-order valence-corrected chi connectivity index (χ4v) is 3.15. The van der Waals surface area contributed by atoms with Gasteiger partial charge in [-0.15, -0.1) is 0 Å². The molecule has 0 unspecified atom stereocenters. The SMILES string of the molecule is Cc1cnccc1NCCNc1nc(-c2ccncc2)nc2c1c(C)nn2C. The Morgan fingerprint density at radius 3 is 2.46 bits per heavy atom. The highest BCUT2D eigenvalue weighted by atomic mass is 15.3. The van der Waals surface area contributed by atoms with E-state index in [9.17, 15) is 0 Å². The third kappa shape index (κ3) is 3.48. The normalized spacial score (nSPS) is 11.0. The summed E-state index contributed by atoms with van der Waals surface area (Å²) in [6.07, 6.45) is 7.12. The molecule has 0 spiro atoms. The van der Waals surface area contributed by atoms with Crippen LogP contribution in [0.25, 0.3) is 22.4 Å². The van der Waals surface area contributed by atoms with E-state index < -0.39 is 0 Å². The summed E-state index contributed by atoms with van der Waals surface area (Å²) in [5.74, 6) is 1.44. The Labute approximate surface area is 163 Å². The number of fused-ring (bicyclic) bond motifs is 1. The van der Waals surface area contributed by atoms with Gasteiger partial charge in [-0.1, -0.05) is 0 Å². The summed E-state index contributed by atoms with van der Waals surface area (Å²) < 4.78 is 1.79. The molecule has 28 heavy (non-hydrogen) atoms. The van der Waals surface area contributed by atoms with E-state index in [2.05, 4.69) is 25.7 Å². The van der Waals surface area contributed by atoms with Crippen LogP contribution in [0.2, 0.25) is 0 Å². The standard InChI is InChI=1S/C20H22N8/c1-13-12-22-9-6-16(13)23-10-11-24-19-17-14(2)27-28(3)20(17)26-18(25-19)15-4-7-21-8-5-15/h4-9,12H,10-11H2,1-3H3,(H,22,23)(H,24,25,26). The number of aryl methyl sites for hydroxylation is 3. The number of rotatable bonds is 6. The maximum Gasteiger partial charge on any atom is 0.164 e. The van der Waals surface area contributed by atoms with Crippen LogP contribution in [-0.4, -0.2) is 42.8 Å². The molecular weight excluding hydrogens is 352 g/mol. The van der Waals surface area contributed by atoms with Crippen molar-refractivity contribution < 1.29 is 0 Å². The lowest BCUT2D eigenvalue weighted by molar-refractivity contribution is 0.773. The van der Waals surface area contributed by atoms with E-state index in [1.165, 1.54) is 0 Å². The Hall–Kier alpha value is -3.55. The van der Waals surface area contributed by atoms with Gasteiger partial charge in [0.2, 0.25) is 0 Å². The van der Waals surface area contributed by atoms with Crippen molar-refractivity contribution in [2.45, 2.75) is 13.8 Å². The van der Waals surface area contributed by atoms with Crippen molar-refractivity contribution in [3.8, 4) is 11.4 Å². The fourth-order valence-electron chi connectivity index (χ4n) is 3.15. The summed E-state index contributed by atoms with van der Waals surface area (Å²) in [5.41, 5.74) is 4.83. The quantitative estimate of drug-likeness (QED) is 0.501. The Balaban J connectivity index is 1.59. The molecule has 0 aromatic carbocycles. The van der Waals surface area contributed by atoms with Crippen LogP contribution in [-0.2, 0) is 7.05 Å². The first-order valence-electron chi connectivity index (χ1n) is 9.13. The zero-order chi connectivity index (χ0) is 19.5. The summed E-state index contributed by atoms with van der Waals surface area (Å²) in [6, 6.07) is 5.79. The van der Waals surface area contributed by atoms with Gasteiger partial charge in [0.05, 0.1) is 11.1 Å². The van der Waals surface area contributed by atoms with Gasteiger partial charge in [-0.25, -0.2) is 9.97 Å². The lowest BCUT2D eigenvalue weighted by atomic mass is 10.2. The van der Waals surface area contributed by atoms with Crippen LogP contribution in [0.4, 0.5) is 11.5 Å². The first-order chi connectivity index (χ1) is 13.6. The highest BCUT2D eigenvalue weighted by Crippen LogP contribution is 2.26. The van der Waals surface area contributed by atoms with Crippen molar-refractivity contribution in [3.05, 3.63) is 54.2 Å². The molecule has 142 valence electrons. The van der Waals surface area contributed by atoms with Gasteiger partial charge >= 0.3 is 0 Å². The van der Waals surface area contributed by atoms with E-state index in [0.717, 1.165) is 45.9 Å². The molecule has 4 aromatic rings. The minimum Gasteiger partial charge on any atom is -0.383 e. The molecule has 0 aliphatic heterocycles. The summed E-state index contributed by atoms with van der Waals surface area (Å²) in [6.45, 7) is 5.47. The highest BCUT2D eigenvalue weighted by Gasteiger charge is 2.15. The van der Waals surface area contributed by atoms with Crippen molar-refractivity contribution in [1.29, 1.82) is 0 Å². The van der Waals surface area contributed by atoms with Crippen LogP contribution >= 0.6 is 0 Å². The van der Waals surface area contributed by atoms with E-state index in [0.29, 0.717) is 12.4 Å². The van der Waals surface area contributed by atoms with Crippen molar-refractivity contribution in [2.75, 3.05) is 23.7 Å². The second-order valence-corrected chi connectivity index (χ2v) is 6.58. The van der Waals surface area contributed by atoms with Gasteiger partial charge in [0.25, 0.3) is 0 Å². The van der Waals surface area contributed by atoms with Gasteiger partial charge < -0.3 is 10.6 Å². The van der Waals surface area contributed by atoms with Gasteiger partial charge in [0.15, 0.2) is 11.5 Å². The molecule has 8 nitrogen and oxygen atoms in total. The molecule has 4 rings (SSSR count). The van der Waals surface area contributed by atoms with E-state index >= 15 is 0 Å². The maximum absolute atomic E-state index is 4.77. The van der Waals surface area contributed by atoms with Crippen molar-refractivity contribution in [3.63, 3.8) is 0 Å². The molecule has 0 aliphatic rings. The molecule has 4 heterocycles. The average molecular weight is 374 g/mol. The molecule has 4 aromatic heterocycles. The molecular formula is C20H22N8. The van der Waals surface area contributed by atoms with Crippen LogP contribution < -0.4 is 10.6 Å². The Kier molecular flexibility index (Phi) is 4.84. The summed E-state index contributed by atoms with van der Waals surface area (Å²) in [5, 5.41) is 12.3. The van der Waals surface area contributed by atoms with Crippen LogP contribution in [0.5, 0.6) is 0 Å². The van der Waals surface area contributed by atoms with Gasteiger partial charge in [-0.05, 0) is 37.6 Å². The largest absolute Gasteiger partial charge is 0.383 e. The number of aromatic nitrogens is 6. The summed E-state index contributed by atoms with van der Waals surface area (Å²) in [4.78, 5) is 17.7. The van der Waals surface area contributed by atoms with Crippen molar-refractivity contribution >= 4 is 22.5 Å². The van der Waals surface area contributed by atoms with Gasteiger partial charge in [0.1, 0.15) is 5.82 Å². The highest BCUT2D eigenvalue weighted by molar-refractivity contribution is 5.90. The lowest BCUT2D eigenvalue weighted by Crippen LogP contribution is -2.15. The van der Waals surface area contributed by atoms with E-state index in [-0.39, 0.29) is 0 Å². The Bertz CT molecular complexity index is 1100. The third-order valence-electron chi connectivity index (χ3n) is 4.55. The Morgan fingerprint density at radius 1 is 0.929 bits per heavy atom. The number of hydrogen-bond donors (Lipinski definition) is 2. The predicted molar refractivity (Wildman–Crippen MR) is 110 cm³/mol. The van der Waals surface area contributed by atoms with Crippen LogP contribution in [0.15, 0.2) is 43.0 Å². The lowest BCUT2D eigenvalue weighted by Gasteiger charge is -2.12. The second-order valence-electron chi connectivity index (χ2n) is 6.58. The summed E-state index contributed by atoms with van der Waals surface area (Å²) >= 11 is 0. The van der Waals surface area contributed by atoms with Crippen LogP contribution in [0, 0.1) is 13.8 Å². The molecule has 0 fully saturated rings. The van der Waals surface area contributed by atoms with E-state index in [1.54, 1.807) is 23.3 Å². The number of nitrogens with zero attached hydrogens (tertiary/aromatic N) is 6. The number of nitrogens with one attached hydrogen (secondary N) is 2. The van der Waals surface area contributed by atoms with E-state index in [1.807, 2.05) is 45.3 Å². The number of hydrogen-bond acceptors (Lipinski definition) is 7. The van der Waals surface area contributed by atoms with Crippen LogP contribution in [0.3, 0.4) is 0 Å². The van der Waals surface area contributed by atoms with Crippen molar-refractivity contribution in [1.82, 2.24) is 29.7 Å². The molecule has 0 atom stereocenters. The molecule has 0 radical (unpaired) electrons. The monoisotopic (exact) mass is 374 g/mol. The minimum atomic E-state index is 0.651. The number of anilines is 2. The zero-order valence-corrected chi connectivity index (χ0v) is 16.1. The molecule has 0 saturated carbocycles. The Morgan fingerprint density at radius 2 is 1.68 bits per heavy atom. The first-order valence-corrected chi connectivity index (χ1v) is 9.13. The maximum atomic E-state index is 4.77. The molecule has 0 bridgehead atoms. The first kappa shape index (κ1) is 17.8. The van der Waals surface area contributed by atoms with Gasteiger partial charge in [-0.3, -0.25) is 14.6 Å². The molecule has 2 N–H and O–H groups in total. The zero-order valence-electron chi connectivity index (χ0n) is 16.1.